The van der Waals surface area contributed by atoms with Crippen LogP contribution in [0.2, 0.25) is 5.82 Å². The van der Waals surface area contributed by atoms with E-state index < -0.39 is 0 Å². The molecule has 1 aromatic carbocycles. The van der Waals surface area contributed by atoms with Gasteiger partial charge in [0.15, 0.2) is 0 Å². The molecule has 0 aromatic heterocycles. The van der Waals surface area contributed by atoms with E-state index in [9.17, 15) is 0 Å². The average molecular weight is 330 g/mol. The topological polar surface area (TPSA) is 27.7 Å². The van der Waals surface area contributed by atoms with Crippen molar-refractivity contribution in [2.75, 3.05) is 6.61 Å². The molecule has 2 fully saturated rings. The van der Waals surface area contributed by atoms with Gasteiger partial charge in [0.1, 0.15) is 0 Å². The molecule has 1 heterocycles. The van der Waals surface area contributed by atoms with Gasteiger partial charge in [-0.15, -0.1) is 0 Å². The summed E-state index contributed by atoms with van der Waals surface area (Å²) in [4.78, 5) is 0. The third-order valence-corrected chi connectivity index (χ3v) is 6.03. The lowest BCUT2D eigenvalue weighted by Crippen LogP contribution is -2.41. The van der Waals surface area contributed by atoms with Crippen LogP contribution in [0.4, 0.5) is 0 Å². The normalized spacial score (nSPS) is 30.5. The zero-order chi connectivity index (χ0) is 17.4. The van der Waals surface area contributed by atoms with Gasteiger partial charge in [0.2, 0.25) is 0 Å². The first-order valence-electron chi connectivity index (χ1n) is 9.33. The molecule has 1 aliphatic heterocycles. The number of hydrogen-bond donors (Lipinski definition) is 0. The van der Waals surface area contributed by atoms with Crippen LogP contribution in [0.15, 0.2) is 30.3 Å². The Morgan fingerprint density at radius 3 is 2.21 bits per heavy atom. The van der Waals surface area contributed by atoms with Crippen LogP contribution in [0.5, 0.6) is 0 Å². The molecule has 2 aliphatic rings. The molecule has 0 unspecified atom stereocenters. The van der Waals surface area contributed by atoms with Gasteiger partial charge in [0, 0.05) is 12.4 Å². The van der Waals surface area contributed by atoms with Gasteiger partial charge in [0.05, 0.1) is 17.8 Å². The van der Waals surface area contributed by atoms with Crippen molar-refractivity contribution < 1.29 is 14.0 Å². The van der Waals surface area contributed by atoms with Gasteiger partial charge in [-0.25, -0.2) is 0 Å². The maximum Gasteiger partial charge on any atom is 0.461 e. The summed E-state index contributed by atoms with van der Waals surface area (Å²) < 4.78 is 18.6. The summed E-state index contributed by atoms with van der Waals surface area (Å²) in [5.74, 6) is 1.70. The third kappa shape index (κ3) is 3.56. The first-order chi connectivity index (χ1) is 11.4. The van der Waals surface area contributed by atoms with E-state index in [1.165, 1.54) is 18.4 Å². The molecule has 1 saturated heterocycles. The molecule has 0 amide bonds. The van der Waals surface area contributed by atoms with Crippen LogP contribution in [0.1, 0.15) is 53.0 Å². The van der Waals surface area contributed by atoms with Crippen LogP contribution in [0.3, 0.4) is 0 Å². The number of benzene rings is 1. The second-order valence-corrected chi connectivity index (χ2v) is 8.32. The van der Waals surface area contributed by atoms with Gasteiger partial charge in [-0.1, -0.05) is 50.1 Å². The first kappa shape index (κ1) is 18.0. The number of ether oxygens (including phenoxy) is 1. The van der Waals surface area contributed by atoms with E-state index in [-0.39, 0.29) is 18.3 Å². The lowest BCUT2D eigenvalue weighted by Gasteiger charge is -2.32. The van der Waals surface area contributed by atoms with Crippen LogP contribution < -0.4 is 0 Å². The maximum absolute atomic E-state index is 6.28. The summed E-state index contributed by atoms with van der Waals surface area (Å²) in [6, 6.07) is 10.4. The highest BCUT2D eigenvalue weighted by atomic mass is 16.7. The summed E-state index contributed by atoms with van der Waals surface area (Å²) >= 11 is 0. The van der Waals surface area contributed by atoms with Gasteiger partial charge in [-0.2, -0.15) is 0 Å². The van der Waals surface area contributed by atoms with E-state index >= 15 is 0 Å². The second-order valence-electron chi connectivity index (χ2n) is 8.32. The molecule has 1 aromatic rings. The monoisotopic (exact) mass is 330 g/mol. The molecule has 0 spiro atoms. The predicted molar refractivity (Wildman–Crippen MR) is 97.8 cm³/mol. The minimum atomic E-state index is -0.244. The first-order valence-corrected chi connectivity index (χ1v) is 9.33. The maximum atomic E-state index is 6.28. The smallest absolute Gasteiger partial charge is 0.403 e. The van der Waals surface area contributed by atoms with Gasteiger partial charge in [0.25, 0.3) is 0 Å². The van der Waals surface area contributed by atoms with Crippen molar-refractivity contribution >= 4 is 7.12 Å². The zero-order valence-electron chi connectivity index (χ0n) is 15.7. The standard InChI is InChI=1S/C20H31BO3/c1-6-10-16-17(14-22-13-15-11-8-7-9-12-15)18(16)21-23-19(2,3)20(4,5)24-21/h7-9,11-12,16-18H,6,10,13-14H2,1-5H3/t16-,17+,18+/m1/s1. The molecule has 3 rings (SSSR count). The molecule has 0 N–H and O–H groups in total. The fourth-order valence-electron chi connectivity index (χ4n) is 3.79. The van der Waals surface area contributed by atoms with E-state index in [0.717, 1.165) is 6.61 Å². The van der Waals surface area contributed by atoms with Gasteiger partial charge >= 0.3 is 7.12 Å². The SMILES string of the molecule is CCC[C@@H]1[C@H](COCc2ccccc2)[C@H]1B1OC(C)(C)C(C)(C)O1. The molecule has 132 valence electrons. The fraction of sp³-hybridized carbons (Fsp3) is 0.700. The zero-order valence-corrected chi connectivity index (χ0v) is 15.7. The van der Waals surface area contributed by atoms with Gasteiger partial charge < -0.3 is 14.0 Å². The number of rotatable bonds is 7. The van der Waals surface area contributed by atoms with Crippen molar-refractivity contribution in [2.45, 2.75) is 71.1 Å². The fourth-order valence-corrected chi connectivity index (χ4v) is 3.79. The molecule has 1 aliphatic carbocycles. The molecular formula is C20H31BO3. The minimum Gasteiger partial charge on any atom is -0.403 e. The quantitative estimate of drug-likeness (QED) is 0.678. The molecule has 4 heteroatoms. The van der Waals surface area contributed by atoms with E-state index in [1.54, 1.807) is 0 Å². The summed E-state index contributed by atoms with van der Waals surface area (Å²) in [5, 5.41) is 0. The molecule has 3 nitrogen and oxygen atoms in total. The molecule has 3 atom stereocenters. The average Bonchev–Trinajstić information content (AvgIpc) is 3.14. The van der Waals surface area contributed by atoms with Crippen molar-refractivity contribution in [1.82, 2.24) is 0 Å². The van der Waals surface area contributed by atoms with Crippen molar-refractivity contribution in [2.24, 2.45) is 11.8 Å². The van der Waals surface area contributed by atoms with E-state index in [1.807, 2.05) is 6.07 Å². The Morgan fingerprint density at radius 1 is 1.00 bits per heavy atom. The van der Waals surface area contributed by atoms with Gasteiger partial charge in [-0.3, -0.25) is 0 Å². The van der Waals surface area contributed by atoms with Crippen molar-refractivity contribution in [1.29, 1.82) is 0 Å². The summed E-state index contributed by atoms with van der Waals surface area (Å²) in [6.07, 6.45) is 2.43. The summed E-state index contributed by atoms with van der Waals surface area (Å²) in [5.41, 5.74) is 0.747. The molecular weight excluding hydrogens is 299 g/mol. The Kier molecular flexibility index (Phi) is 5.10. The highest BCUT2D eigenvalue weighted by Gasteiger charge is 2.64. The molecule has 0 radical (unpaired) electrons. The minimum absolute atomic E-state index is 0.0862. The summed E-state index contributed by atoms with van der Waals surface area (Å²) in [7, 11) is -0.0862. The lowest BCUT2D eigenvalue weighted by atomic mass is 9.79. The number of hydrogen-bond acceptors (Lipinski definition) is 3. The van der Waals surface area contributed by atoms with Crippen LogP contribution in [0, 0.1) is 11.8 Å². The Bertz CT molecular complexity index is 527. The Morgan fingerprint density at radius 2 is 1.62 bits per heavy atom. The van der Waals surface area contributed by atoms with Crippen LogP contribution in [-0.4, -0.2) is 24.9 Å². The molecule has 0 bridgehead atoms. The van der Waals surface area contributed by atoms with E-state index in [4.69, 9.17) is 14.0 Å². The Balaban J connectivity index is 1.55. The third-order valence-electron chi connectivity index (χ3n) is 6.03. The highest BCUT2D eigenvalue weighted by molar-refractivity contribution is 6.49. The summed E-state index contributed by atoms with van der Waals surface area (Å²) in [6.45, 7) is 12.3. The molecule has 1 saturated carbocycles. The highest BCUT2D eigenvalue weighted by Crippen LogP contribution is 2.59. The van der Waals surface area contributed by atoms with Crippen molar-refractivity contribution in [3.63, 3.8) is 0 Å². The second kappa shape index (κ2) is 6.82. The largest absolute Gasteiger partial charge is 0.461 e. The van der Waals surface area contributed by atoms with E-state index in [0.29, 0.717) is 24.3 Å². The van der Waals surface area contributed by atoms with Crippen LogP contribution in [-0.2, 0) is 20.7 Å². The van der Waals surface area contributed by atoms with Gasteiger partial charge in [-0.05, 0) is 45.1 Å². The Labute approximate surface area is 147 Å². The predicted octanol–water partition coefficient (Wildman–Crippen LogP) is 4.71. The van der Waals surface area contributed by atoms with Crippen LogP contribution in [0.25, 0.3) is 0 Å². The van der Waals surface area contributed by atoms with Crippen molar-refractivity contribution in [3.8, 4) is 0 Å². The van der Waals surface area contributed by atoms with E-state index in [2.05, 4.69) is 58.9 Å². The molecule has 24 heavy (non-hydrogen) atoms. The Hall–Kier alpha value is -0.835. The van der Waals surface area contributed by atoms with Crippen molar-refractivity contribution in [3.05, 3.63) is 35.9 Å². The lowest BCUT2D eigenvalue weighted by molar-refractivity contribution is 0.00578. The van der Waals surface area contributed by atoms with Crippen LogP contribution >= 0.6 is 0 Å².